The number of carbonyl (C=O) groups excluding carboxylic acids is 1. The Kier molecular flexibility index (Phi) is 6.51. The molecule has 0 unspecified atom stereocenters. The van der Waals surface area contributed by atoms with Gasteiger partial charge >= 0.3 is 12.1 Å². The average Bonchev–Trinajstić information content (AvgIpc) is 3.43. The number of hydrogen-bond acceptors (Lipinski definition) is 6. The van der Waals surface area contributed by atoms with Crippen molar-refractivity contribution in [3.05, 3.63) is 39.7 Å². The van der Waals surface area contributed by atoms with Gasteiger partial charge < -0.3 is 14.4 Å². The Labute approximate surface area is 175 Å². The van der Waals surface area contributed by atoms with E-state index in [0.29, 0.717) is 17.8 Å². The third-order valence-corrected chi connectivity index (χ3v) is 6.01. The van der Waals surface area contributed by atoms with Crippen molar-refractivity contribution in [1.82, 2.24) is 14.8 Å². The second kappa shape index (κ2) is 8.76. The van der Waals surface area contributed by atoms with Crippen LogP contribution in [0.4, 0.5) is 13.2 Å². The van der Waals surface area contributed by atoms with Crippen LogP contribution < -0.4 is 0 Å². The van der Waals surface area contributed by atoms with E-state index in [4.69, 9.17) is 14.3 Å². The number of fused-ring (bicyclic) bond motifs is 1. The van der Waals surface area contributed by atoms with Crippen LogP contribution in [0.3, 0.4) is 0 Å². The lowest BCUT2D eigenvalue weighted by molar-refractivity contribution is -0.192. The largest absolute Gasteiger partial charge is 0.490 e. The third kappa shape index (κ3) is 4.84. The van der Waals surface area contributed by atoms with Crippen molar-refractivity contribution >= 4 is 23.2 Å². The molecule has 4 rings (SSSR count). The van der Waals surface area contributed by atoms with E-state index in [1.54, 1.807) is 5.51 Å². The van der Waals surface area contributed by atoms with Gasteiger partial charge in [0.2, 0.25) is 0 Å². The Morgan fingerprint density at radius 1 is 1.27 bits per heavy atom. The molecule has 0 spiro atoms. The number of likely N-dealkylation sites (tertiary alicyclic amines) is 2. The minimum atomic E-state index is -5.08. The summed E-state index contributed by atoms with van der Waals surface area (Å²) in [6.45, 7) is 6.79. The van der Waals surface area contributed by atoms with Gasteiger partial charge in [0.05, 0.1) is 12.1 Å². The number of thiazole rings is 1. The molecule has 0 aromatic carbocycles. The molecule has 2 aromatic heterocycles. The molecule has 30 heavy (non-hydrogen) atoms. The number of aliphatic carboxylic acids is 1. The van der Waals surface area contributed by atoms with Crippen LogP contribution in [-0.4, -0.2) is 63.1 Å². The van der Waals surface area contributed by atoms with Crippen molar-refractivity contribution < 1.29 is 32.3 Å². The van der Waals surface area contributed by atoms with Gasteiger partial charge in [-0.1, -0.05) is 0 Å². The maximum Gasteiger partial charge on any atom is 0.490 e. The van der Waals surface area contributed by atoms with Crippen LogP contribution in [0.1, 0.15) is 40.4 Å². The number of amides is 1. The van der Waals surface area contributed by atoms with Crippen molar-refractivity contribution in [2.24, 2.45) is 0 Å². The quantitative estimate of drug-likeness (QED) is 0.779. The summed E-state index contributed by atoms with van der Waals surface area (Å²) in [7, 11) is 0. The molecule has 2 saturated heterocycles. The first-order valence-electron chi connectivity index (χ1n) is 9.37. The van der Waals surface area contributed by atoms with Gasteiger partial charge in [-0.05, 0) is 38.3 Å². The zero-order valence-corrected chi connectivity index (χ0v) is 17.3. The van der Waals surface area contributed by atoms with Gasteiger partial charge in [0.25, 0.3) is 5.91 Å². The van der Waals surface area contributed by atoms with E-state index in [-0.39, 0.29) is 5.91 Å². The van der Waals surface area contributed by atoms with E-state index >= 15 is 0 Å². The Morgan fingerprint density at radius 2 is 1.93 bits per heavy atom. The monoisotopic (exact) mass is 445 g/mol. The molecule has 2 atom stereocenters. The number of carbonyl (C=O) groups is 2. The number of hydrogen-bond donors (Lipinski definition) is 1. The van der Waals surface area contributed by atoms with E-state index in [2.05, 4.69) is 22.9 Å². The highest BCUT2D eigenvalue weighted by molar-refractivity contribution is 7.07. The first-order valence-corrected chi connectivity index (χ1v) is 10.3. The van der Waals surface area contributed by atoms with Crippen LogP contribution in [0.25, 0.3) is 0 Å². The predicted octanol–water partition coefficient (Wildman–Crippen LogP) is 3.48. The highest BCUT2D eigenvalue weighted by atomic mass is 32.1. The fourth-order valence-electron chi connectivity index (χ4n) is 3.92. The molecule has 0 saturated carbocycles. The first-order chi connectivity index (χ1) is 14.1. The van der Waals surface area contributed by atoms with Crippen LogP contribution in [0.2, 0.25) is 0 Å². The van der Waals surface area contributed by atoms with Crippen LogP contribution >= 0.6 is 11.3 Å². The summed E-state index contributed by atoms with van der Waals surface area (Å²) >= 11 is 1.48. The van der Waals surface area contributed by atoms with Gasteiger partial charge in [-0.25, -0.2) is 9.78 Å². The van der Waals surface area contributed by atoms with Gasteiger partial charge in [-0.2, -0.15) is 13.2 Å². The van der Waals surface area contributed by atoms with Crippen LogP contribution in [-0.2, 0) is 11.3 Å². The lowest BCUT2D eigenvalue weighted by Crippen LogP contribution is -2.39. The summed E-state index contributed by atoms with van der Waals surface area (Å²) in [5.74, 6) is -0.634. The summed E-state index contributed by atoms with van der Waals surface area (Å²) in [6.07, 6.45) is -3.00. The SMILES string of the molecule is Cc1cc(CN2CC[C@H]3[C@H]2CCN3C(=O)c2cscn2)oc1C.O=C(O)C(F)(F)F. The zero-order chi connectivity index (χ0) is 22.1. The number of alkyl halides is 3. The molecule has 11 heteroatoms. The third-order valence-electron chi connectivity index (χ3n) is 5.42. The van der Waals surface area contributed by atoms with E-state index in [1.165, 1.54) is 16.9 Å². The van der Waals surface area contributed by atoms with Gasteiger partial charge in [-0.3, -0.25) is 9.69 Å². The topological polar surface area (TPSA) is 86.9 Å². The van der Waals surface area contributed by atoms with E-state index < -0.39 is 12.1 Å². The highest BCUT2D eigenvalue weighted by Gasteiger charge is 2.44. The van der Waals surface area contributed by atoms with E-state index in [1.807, 2.05) is 17.2 Å². The lowest BCUT2D eigenvalue weighted by atomic mass is 10.1. The molecular formula is C19H22F3N3O4S. The number of carboxylic acids is 1. The molecule has 2 aromatic rings. The standard InChI is InChI=1S/C17H21N3O2S.C2HF3O2/c1-11-7-13(22-12(11)2)8-19-5-3-16-15(19)4-6-20(16)17(21)14-9-23-10-18-14;3-2(4,5)1(6)7/h7,9-10,15-16H,3-6,8H2,1-2H3;(H,6,7)/t15-,16+;/m1./s1. The lowest BCUT2D eigenvalue weighted by Gasteiger charge is -2.24. The second-order valence-corrected chi connectivity index (χ2v) is 8.03. The summed E-state index contributed by atoms with van der Waals surface area (Å²) in [5.41, 5.74) is 3.53. The van der Waals surface area contributed by atoms with Crippen LogP contribution in [0.5, 0.6) is 0 Å². The fourth-order valence-corrected chi connectivity index (χ4v) is 4.44. The summed E-state index contributed by atoms with van der Waals surface area (Å²) in [4.78, 5) is 30.2. The Hall–Kier alpha value is -2.40. The maximum absolute atomic E-state index is 12.6. The molecule has 0 aliphatic carbocycles. The highest BCUT2D eigenvalue weighted by Crippen LogP contribution is 2.34. The molecule has 7 nitrogen and oxygen atoms in total. The summed E-state index contributed by atoms with van der Waals surface area (Å²) in [6, 6.07) is 2.90. The maximum atomic E-state index is 12.6. The minimum Gasteiger partial charge on any atom is -0.475 e. The van der Waals surface area contributed by atoms with Gasteiger partial charge in [0, 0.05) is 30.6 Å². The summed E-state index contributed by atoms with van der Waals surface area (Å²) < 4.78 is 37.6. The number of aryl methyl sites for hydroxylation is 2. The molecule has 4 heterocycles. The van der Waals surface area contributed by atoms with Crippen molar-refractivity contribution in [2.75, 3.05) is 13.1 Å². The Morgan fingerprint density at radius 3 is 2.47 bits per heavy atom. The van der Waals surface area contributed by atoms with Gasteiger partial charge in [0.15, 0.2) is 0 Å². The molecule has 1 N–H and O–H groups in total. The molecule has 164 valence electrons. The first kappa shape index (κ1) is 22.3. The Bertz CT molecular complexity index is 878. The number of halogens is 3. The van der Waals surface area contributed by atoms with Gasteiger partial charge in [0.1, 0.15) is 17.2 Å². The Balaban J connectivity index is 0.000000318. The average molecular weight is 445 g/mol. The normalized spacial score (nSPS) is 21.3. The molecule has 2 aliphatic heterocycles. The van der Waals surface area contributed by atoms with Gasteiger partial charge in [-0.15, -0.1) is 11.3 Å². The minimum absolute atomic E-state index is 0.0882. The van der Waals surface area contributed by atoms with Crippen molar-refractivity contribution in [3.8, 4) is 0 Å². The molecule has 0 bridgehead atoms. The number of carboxylic acid groups (broad SMARTS) is 1. The van der Waals surface area contributed by atoms with E-state index in [9.17, 15) is 18.0 Å². The number of aromatic nitrogens is 1. The molecule has 2 fully saturated rings. The van der Waals surface area contributed by atoms with Crippen LogP contribution in [0.15, 0.2) is 21.4 Å². The van der Waals surface area contributed by atoms with Crippen molar-refractivity contribution in [1.29, 1.82) is 0 Å². The molecule has 0 radical (unpaired) electrons. The number of nitrogens with zero attached hydrogens (tertiary/aromatic N) is 3. The second-order valence-electron chi connectivity index (χ2n) is 7.31. The van der Waals surface area contributed by atoms with Crippen LogP contribution in [0, 0.1) is 13.8 Å². The number of rotatable bonds is 3. The predicted molar refractivity (Wildman–Crippen MR) is 102 cm³/mol. The smallest absolute Gasteiger partial charge is 0.475 e. The zero-order valence-electron chi connectivity index (χ0n) is 16.5. The molecular weight excluding hydrogens is 423 g/mol. The number of furan rings is 1. The molecule has 2 aliphatic rings. The van der Waals surface area contributed by atoms with Crippen molar-refractivity contribution in [3.63, 3.8) is 0 Å². The van der Waals surface area contributed by atoms with E-state index in [0.717, 1.165) is 44.0 Å². The summed E-state index contributed by atoms with van der Waals surface area (Å²) in [5, 5.41) is 8.97. The molecule has 1 amide bonds. The fraction of sp³-hybridized carbons (Fsp3) is 0.526. The van der Waals surface area contributed by atoms with Crippen molar-refractivity contribution in [2.45, 2.75) is 51.5 Å².